The summed E-state index contributed by atoms with van der Waals surface area (Å²) in [6.45, 7) is 6.53. The fourth-order valence-electron chi connectivity index (χ4n) is 4.92. The molecule has 0 spiro atoms. The second kappa shape index (κ2) is 4.37. The molecule has 1 nitrogen and oxygen atoms in total. The number of allylic oxidation sites excluding steroid dienone is 1. The van der Waals surface area contributed by atoms with E-state index >= 15 is 0 Å². The third-order valence-corrected chi connectivity index (χ3v) is 6.13. The van der Waals surface area contributed by atoms with Gasteiger partial charge in [-0.2, -0.15) is 0 Å². The van der Waals surface area contributed by atoms with Gasteiger partial charge in [-0.25, -0.2) is 0 Å². The summed E-state index contributed by atoms with van der Waals surface area (Å²) in [6.07, 6.45) is 7.14. The van der Waals surface area contributed by atoms with Crippen molar-refractivity contribution in [2.24, 2.45) is 11.3 Å². The highest BCUT2D eigenvalue weighted by atomic mass is 16.3. The Labute approximate surface area is 126 Å². The standard InChI is InChI=1S/C20H22O/c1-3-14-5-9-19-18-7-4-13-12-15(21)6-8-16(13)17(18)10-11-20(14,19)2/h3-4,6-8,12,14,19,21H,1,5,9-11H2,2H3/t14-,19?,20+/m0/s1. The van der Waals surface area contributed by atoms with Gasteiger partial charge in [0.15, 0.2) is 0 Å². The van der Waals surface area contributed by atoms with Crippen molar-refractivity contribution < 1.29 is 5.11 Å². The molecule has 0 radical (unpaired) electrons. The lowest BCUT2D eigenvalue weighted by atomic mass is 9.63. The molecule has 0 aromatic heterocycles. The third-order valence-electron chi connectivity index (χ3n) is 6.13. The zero-order valence-corrected chi connectivity index (χ0v) is 12.6. The van der Waals surface area contributed by atoms with Crippen LogP contribution < -0.4 is 0 Å². The molecule has 0 saturated heterocycles. The summed E-state index contributed by atoms with van der Waals surface area (Å²) in [6, 6.07) is 10.3. The zero-order chi connectivity index (χ0) is 14.6. The van der Waals surface area contributed by atoms with Crippen LogP contribution in [0.15, 0.2) is 43.0 Å². The first-order chi connectivity index (χ1) is 10.1. The molecule has 4 rings (SSSR count). The number of hydrogen-bond acceptors (Lipinski definition) is 1. The normalized spacial score (nSPS) is 30.9. The van der Waals surface area contributed by atoms with E-state index in [2.05, 4.69) is 37.8 Å². The lowest BCUT2D eigenvalue weighted by Gasteiger charge is -2.41. The van der Waals surface area contributed by atoms with Crippen LogP contribution in [0.1, 0.15) is 43.2 Å². The van der Waals surface area contributed by atoms with Gasteiger partial charge in [0.1, 0.15) is 5.75 Å². The van der Waals surface area contributed by atoms with Crippen molar-refractivity contribution in [2.45, 2.75) is 38.5 Å². The monoisotopic (exact) mass is 278 g/mol. The van der Waals surface area contributed by atoms with Crippen LogP contribution in [0.5, 0.6) is 5.75 Å². The topological polar surface area (TPSA) is 20.2 Å². The van der Waals surface area contributed by atoms with Crippen LogP contribution in [0.3, 0.4) is 0 Å². The number of aromatic hydroxyl groups is 1. The van der Waals surface area contributed by atoms with Gasteiger partial charge in [0.25, 0.3) is 0 Å². The van der Waals surface area contributed by atoms with E-state index in [9.17, 15) is 5.11 Å². The van der Waals surface area contributed by atoms with Gasteiger partial charge < -0.3 is 5.11 Å². The maximum Gasteiger partial charge on any atom is 0.116 e. The van der Waals surface area contributed by atoms with Crippen LogP contribution in [0.4, 0.5) is 0 Å². The minimum atomic E-state index is 0.357. The number of fused-ring (bicyclic) bond motifs is 5. The van der Waals surface area contributed by atoms with E-state index in [1.807, 2.05) is 12.1 Å². The molecule has 1 N–H and O–H groups in total. The van der Waals surface area contributed by atoms with Crippen LogP contribution in [0.2, 0.25) is 0 Å². The predicted octanol–water partition coefficient (Wildman–Crippen LogP) is 5.18. The second-order valence-corrected chi connectivity index (χ2v) is 7.02. The molecule has 2 aromatic carbocycles. The first-order valence-corrected chi connectivity index (χ1v) is 8.00. The Balaban J connectivity index is 1.90. The van der Waals surface area contributed by atoms with Gasteiger partial charge in [0.2, 0.25) is 0 Å². The Bertz CT molecular complexity index is 730. The number of aryl methyl sites for hydroxylation is 1. The Morgan fingerprint density at radius 2 is 2.10 bits per heavy atom. The van der Waals surface area contributed by atoms with Gasteiger partial charge in [0, 0.05) is 0 Å². The van der Waals surface area contributed by atoms with Crippen LogP contribution in [-0.2, 0) is 6.42 Å². The van der Waals surface area contributed by atoms with Gasteiger partial charge in [-0.3, -0.25) is 0 Å². The van der Waals surface area contributed by atoms with Crippen molar-refractivity contribution in [3.63, 3.8) is 0 Å². The van der Waals surface area contributed by atoms with E-state index in [0.29, 0.717) is 23.0 Å². The highest BCUT2D eigenvalue weighted by Crippen LogP contribution is 2.59. The quantitative estimate of drug-likeness (QED) is 0.713. The first kappa shape index (κ1) is 12.9. The third kappa shape index (κ3) is 1.70. The summed E-state index contributed by atoms with van der Waals surface area (Å²) in [7, 11) is 0. The zero-order valence-electron chi connectivity index (χ0n) is 12.6. The lowest BCUT2D eigenvalue weighted by molar-refractivity contribution is 0.205. The van der Waals surface area contributed by atoms with Gasteiger partial charge in [-0.05, 0) is 77.0 Å². The van der Waals surface area contributed by atoms with Crippen molar-refractivity contribution in [1.29, 1.82) is 0 Å². The highest BCUT2D eigenvalue weighted by Gasteiger charge is 2.48. The van der Waals surface area contributed by atoms with Gasteiger partial charge in [0.05, 0.1) is 0 Å². The molecule has 21 heavy (non-hydrogen) atoms. The van der Waals surface area contributed by atoms with Crippen LogP contribution in [-0.4, -0.2) is 5.11 Å². The van der Waals surface area contributed by atoms with Crippen molar-refractivity contribution in [1.82, 2.24) is 0 Å². The first-order valence-electron chi connectivity index (χ1n) is 8.00. The maximum absolute atomic E-state index is 9.68. The molecule has 1 heteroatoms. The summed E-state index contributed by atoms with van der Waals surface area (Å²) in [5.74, 6) is 1.68. The fourth-order valence-corrected chi connectivity index (χ4v) is 4.92. The summed E-state index contributed by atoms with van der Waals surface area (Å²) in [4.78, 5) is 0. The smallest absolute Gasteiger partial charge is 0.116 e. The number of phenols is 1. The molecule has 0 aliphatic heterocycles. The molecule has 3 atom stereocenters. The molecular formula is C20H22O. The van der Waals surface area contributed by atoms with Gasteiger partial charge >= 0.3 is 0 Å². The maximum atomic E-state index is 9.68. The Morgan fingerprint density at radius 3 is 2.90 bits per heavy atom. The van der Waals surface area contributed by atoms with Crippen molar-refractivity contribution >= 4 is 10.8 Å². The highest BCUT2D eigenvalue weighted by molar-refractivity contribution is 5.88. The molecule has 2 aromatic rings. The Kier molecular flexibility index (Phi) is 2.69. The summed E-state index contributed by atoms with van der Waals surface area (Å²) < 4.78 is 0. The van der Waals surface area contributed by atoms with E-state index in [0.717, 1.165) is 11.8 Å². The minimum Gasteiger partial charge on any atom is -0.508 e. The number of phenolic OH excluding ortho intramolecular Hbond substituents is 1. The van der Waals surface area contributed by atoms with E-state index in [1.54, 1.807) is 5.56 Å². The van der Waals surface area contributed by atoms with Crippen LogP contribution in [0, 0.1) is 11.3 Å². The van der Waals surface area contributed by atoms with Crippen molar-refractivity contribution in [3.05, 3.63) is 54.1 Å². The Morgan fingerprint density at radius 1 is 1.24 bits per heavy atom. The summed E-state index contributed by atoms with van der Waals surface area (Å²) in [5.41, 5.74) is 3.45. The SMILES string of the molecule is C=C[C@H]1CCC2c3ccc4cc(O)ccc4c3CC[C@@]21C. The number of benzene rings is 2. The van der Waals surface area contributed by atoms with Crippen molar-refractivity contribution in [2.75, 3.05) is 0 Å². The lowest BCUT2D eigenvalue weighted by Crippen LogP contribution is -2.31. The largest absolute Gasteiger partial charge is 0.508 e. The molecule has 1 unspecified atom stereocenters. The van der Waals surface area contributed by atoms with Crippen LogP contribution >= 0.6 is 0 Å². The molecule has 0 bridgehead atoms. The van der Waals surface area contributed by atoms with E-state index in [4.69, 9.17) is 0 Å². The average Bonchev–Trinajstić information content (AvgIpc) is 2.83. The molecule has 1 fully saturated rings. The summed E-state index contributed by atoms with van der Waals surface area (Å²) >= 11 is 0. The molecule has 108 valence electrons. The molecule has 1 saturated carbocycles. The van der Waals surface area contributed by atoms with Gasteiger partial charge in [-0.1, -0.05) is 31.2 Å². The molecule has 0 heterocycles. The van der Waals surface area contributed by atoms with E-state index < -0.39 is 0 Å². The van der Waals surface area contributed by atoms with E-state index in [1.165, 1.54) is 30.2 Å². The van der Waals surface area contributed by atoms with Gasteiger partial charge in [-0.15, -0.1) is 6.58 Å². The molecule has 2 aliphatic rings. The minimum absolute atomic E-state index is 0.357. The Hall–Kier alpha value is -1.76. The predicted molar refractivity (Wildman–Crippen MR) is 87.7 cm³/mol. The number of hydrogen-bond donors (Lipinski definition) is 1. The van der Waals surface area contributed by atoms with Crippen molar-refractivity contribution in [3.8, 4) is 5.75 Å². The van der Waals surface area contributed by atoms with Crippen LogP contribution in [0.25, 0.3) is 10.8 Å². The number of rotatable bonds is 1. The molecular weight excluding hydrogens is 256 g/mol. The van der Waals surface area contributed by atoms with E-state index in [-0.39, 0.29) is 0 Å². The summed E-state index contributed by atoms with van der Waals surface area (Å²) in [5, 5.41) is 12.2. The fraction of sp³-hybridized carbons (Fsp3) is 0.400. The molecule has 2 aliphatic carbocycles. The second-order valence-electron chi connectivity index (χ2n) is 7.02. The average molecular weight is 278 g/mol. The molecule has 0 amide bonds.